The highest BCUT2D eigenvalue weighted by molar-refractivity contribution is 6.34. The summed E-state index contributed by atoms with van der Waals surface area (Å²) in [5.74, 6) is 0. The zero-order chi connectivity index (χ0) is 11.7. The van der Waals surface area contributed by atoms with Crippen LogP contribution >= 0.6 is 34.8 Å². The number of rotatable bonds is 2. The summed E-state index contributed by atoms with van der Waals surface area (Å²) < 4.78 is 1.56. The number of hydrogen-bond donors (Lipinski definition) is 0. The van der Waals surface area contributed by atoms with Gasteiger partial charge in [0.25, 0.3) is 0 Å². The van der Waals surface area contributed by atoms with Gasteiger partial charge in [0.15, 0.2) is 0 Å². The Hall–Kier alpha value is -0.770. The largest absolute Gasteiger partial charge is 0.219 e. The lowest BCUT2D eigenvalue weighted by molar-refractivity contribution is 0.797. The standard InChI is InChI=1S/C10H8Cl3N3/c1-6(11)9-5-16(15-14-9)10-4-7(12)2-3-8(10)13/h2-6H,1H3. The van der Waals surface area contributed by atoms with Gasteiger partial charge in [-0.15, -0.1) is 16.7 Å². The van der Waals surface area contributed by atoms with Crippen molar-refractivity contribution in [2.24, 2.45) is 0 Å². The molecule has 1 atom stereocenters. The van der Waals surface area contributed by atoms with Crippen LogP contribution in [-0.2, 0) is 0 Å². The Kier molecular flexibility index (Phi) is 3.38. The molecule has 0 amide bonds. The van der Waals surface area contributed by atoms with E-state index in [0.29, 0.717) is 21.4 Å². The second-order valence-corrected chi connectivity index (χ2v) is 4.80. The Bertz CT molecular complexity index is 508. The van der Waals surface area contributed by atoms with Crippen molar-refractivity contribution in [1.29, 1.82) is 0 Å². The second kappa shape index (κ2) is 4.62. The van der Waals surface area contributed by atoms with Crippen LogP contribution in [0.5, 0.6) is 0 Å². The number of halogens is 3. The van der Waals surface area contributed by atoms with Crippen LogP contribution in [0.15, 0.2) is 24.4 Å². The van der Waals surface area contributed by atoms with Crippen LogP contribution in [0, 0.1) is 0 Å². The van der Waals surface area contributed by atoms with Crippen molar-refractivity contribution in [1.82, 2.24) is 15.0 Å². The summed E-state index contributed by atoms with van der Waals surface area (Å²) in [4.78, 5) is 0. The minimum Gasteiger partial charge on any atom is -0.219 e. The highest BCUT2D eigenvalue weighted by Gasteiger charge is 2.10. The quantitative estimate of drug-likeness (QED) is 0.780. The fourth-order valence-electron chi connectivity index (χ4n) is 1.24. The molecule has 0 spiro atoms. The van der Waals surface area contributed by atoms with E-state index in [0.717, 1.165) is 0 Å². The van der Waals surface area contributed by atoms with E-state index in [1.165, 1.54) is 0 Å². The maximum atomic E-state index is 6.04. The van der Waals surface area contributed by atoms with E-state index in [1.807, 2.05) is 6.92 Å². The monoisotopic (exact) mass is 275 g/mol. The number of nitrogens with zero attached hydrogens (tertiary/aromatic N) is 3. The first kappa shape index (κ1) is 11.7. The topological polar surface area (TPSA) is 30.7 Å². The molecule has 0 saturated heterocycles. The van der Waals surface area contributed by atoms with Crippen molar-refractivity contribution in [3.8, 4) is 5.69 Å². The van der Waals surface area contributed by atoms with Crippen LogP contribution in [0.3, 0.4) is 0 Å². The average Bonchev–Trinajstić information content (AvgIpc) is 2.70. The van der Waals surface area contributed by atoms with Gasteiger partial charge in [0.2, 0.25) is 0 Å². The number of alkyl halides is 1. The van der Waals surface area contributed by atoms with Crippen molar-refractivity contribution >= 4 is 34.8 Å². The van der Waals surface area contributed by atoms with Crippen LogP contribution < -0.4 is 0 Å². The predicted octanol–water partition coefficient (Wildman–Crippen LogP) is 3.87. The average molecular weight is 277 g/mol. The predicted molar refractivity (Wildman–Crippen MR) is 65.6 cm³/mol. The molecule has 1 aromatic heterocycles. The SMILES string of the molecule is CC(Cl)c1cn(-c2cc(Cl)ccc2Cl)nn1. The van der Waals surface area contributed by atoms with Crippen LogP contribution in [0.2, 0.25) is 10.0 Å². The first-order valence-corrected chi connectivity index (χ1v) is 5.79. The third kappa shape index (κ3) is 2.32. The van der Waals surface area contributed by atoms with Gasteiger partial charge in [-0.2, -0.15) is 0 Å². The number of aromatic nitrogens is 3. The molecule has 1 heterocycles. The smallest absolute Gasteiger partial charge is 0.101 e. The zero-order valence-corrected chi connectivity index (χ0v) is 10.6. The van der Waals surface area contributed by atoms with Gasteiger partial charge in [0, 0.05) is 5.02 Å². The maximum absolute atomic E-state index is 6.04. The van der Waals surface area contributed by atoms with Crippen molar-refractivity contribution in [2.75, 3.05) is 0 Å². The van der Waals surface area contributed by atoms with E-state index in [2.05, 4.69) is 10.3 Å². The molecule has 0 radical (unpaired) electrons. The first-order valence-electron chi connectivity index (χ1n) is 4.59. The molecule has 6 heteroatoms. The molecule has 2 aromatic rings. The van der Waals surface area contributed by atoms with Crippen molar-refractivity contribution in [3.05, 3.63) is 40.1 Å². The number of benzene rings is 1. The van der Waals surface area contributed by atoms with Gasteiger partial charge in [-0.1, -0.05) is 28.4 Å². The van der Waals surface area contributed by atoms with Crippen molar-refractivity contribution in [3.63, 3.8) is 0 Å². The second-order valence-electron chi connectivity index (χ2n) is 3.30. The molecule has 2 rings (SSSR count). The van der Waals surface area contributed by atoms with Gasteiger partial charge in [0.1, 0.15) is 5.69 Å². The molecule has 0 bridgehead atoms. The normalized spacial score (nSPS) is 12.8. The lowest BCUT2D eigenvalue weighted by atomic mass is 10.3. The molecule has 0 aliphatic heterocycles. The maximum Gasteiger partial charge on any atom is 0.101 e. The molecule has 0 saturated carbocycles. The van der Waals surface area contributed by atoms with Crippen LogP contribution in [0.4, 0.5) is 0 Å². The molecule has 0 aliphatic carbocycles. The molecule has 0 fully saturated rings. The van der Waals surface area contributed by atoms with Crippen LogP contribution in [0.1, 0.15) is 18.0 Å². The first-order chi connectivity index (χ1) is 7.58. The van der Waals surface area contributed by atoms with Gasteiger partial charge in [-0.05, 0) is 25.1 Å². The third-order valence-corrected chi connectivity index (χ3v) is 2.85. The summed E-state index contributed by atoms with van der Waals surface area (Å²) in [5.41, 5.74) is 1.38. The van der Waals surface area contributed by atoms with Crippen molar-refractivity contribution in [2.45, 2.75) is 12.3 Å². The third-order valence-electron chi connectivity index (χ3n) is 2.07. The lowest BCUT2D eigenvalue weighted by Gasteiger charge is -2.03. The van der Waals surface area contributed by atoms with Crippen LogP contribution in [-0.4, -0.2) is 15.0 Å². The fraction of sp³-hybridized carbons (Fsp3) is 0.200. The summed E-state index contributed by atoms with van der Waals surface area (Å²) in [7, 11) is 0. The zero-order valence-electron chi connectivity index (χ0n) is 8.36. The summed E-state index contributed by atoms with van der Waals surface area (Å²) in [5, 5.41) is 8.85. The summed E-state index contributed by atoms with van der Waals surface area (Å²) in [6.07, 6.45) is 1.73. The molecule has 0 aliphatic rings. The Labute approximate surface area is 108 Å². The van der Waals surface area contributed by atoms with E-state index in [1.54, 1.807) is 29.1 Å². The number of hydrogen-bond acceptors (Lipinski definition) is 2. The van der Waals surface area contributed by atoms with Gasteiger partial charge in [-0.25, -0.2) is 4.68 Å². The Morgan fingerprint density at radius 2 is 2.06 bits per heavy atom. The van der Waals surface area contributed by atoms with Crippen molar-refractivity contribution < 1.29 is 0 Å². The van der Waals surface area contributed by atoms with E-state index in [-0.39, 0.29) is 5.38 Å². The molecule has 1 aromatic carbocycles. The van der Waals surface area contributed by atoms with E-state index >= 15 is 0 Å². The Balaban J connectivity index is 2.46. The van der Waals surface area contributed by atoms with Gasteiger partial charge < -0.3 is 0 Å². The lowest BCUT2D eigenvalue weighted by Crippen LogP contribution is -1.95. The molecular formula is C10H8Cl3N3. The molecule has 16 heavy (non-hydrogen) atoms. The molecular weight excluding hydrogens is 268 g/mol. The van der Waals surface area contributed by atoms with E-state index < -0.39 is 0 Å². The highest BCUT2D eigenvalue weighted by Crippen LogP contribution is 2.25. The van der Waals surface area contributed by atoms with E-state index in [9.17, 15) is 0 Å². The Morgan fingerprint density at radius 3 is 2.69 bits per heavy atom. The highest BCUT2D eigenvalue weighted by atomic mass is 35.5. The van der Waals surface area contributed by atoms with Gasteiger partial charge >= 0.3 is 0 Å². The molecule has 3 nitrogen and oxygen atoms in total. The minimum atomic E-state index is -0.188. The molecule has 84 valence electrons. The van der Waals surface area contributed by atoms with Crippen LogP contribution in [0.25, 0.3) is 5.69 Å². The Morgan fingerprint density at radius 1 is 1.31 bits per heavy atom. The summed E-state index contributed by atoms with van der Waals surface area (Å²) >= 11 is 17.8. The minimum absolute atomic E-state index is 0.188. The fourth-order valence-corrected chi connectivity index (χ4v) is 1.71. The van der Waals surface area contributed by atoms with E-state index in [4.69, 9.17) is 34.8 Å². The molecule has 0 N–H and O–H groups in total. The summed E-state index contributed by atoms with van der Waals surface area (Å²) in [6.45, 7) is 1.83. The van der Waals surface area contributed by atoms with Gasteiger partial charge in [-0.3, -0.25) is 0 Å². The summed E-state index contributed by atoms with van der Waals surface area (Å²) in [6, 6.07) is 5.15. The molecule has 1 unspecified atom stereocenters. The van der Waals surface area contributed by atoms with Gasteiger partial charge in [0.05, 0.1) is 22.3 Å².